The maximum absolute atomic E-state index is 13.6. The Morgan fingerprint density at radius 3 is 2.16 bits per heavy atom. The molecule has 0 radical (unpaired) electrons. The molecule has 0 spiro atoms. The van der Waals surface area contributed by atoms with Crippen LogP contribution in [-0.4, -0.2) is 75.9 Å². The van der Waals surface area contributed by atoms with Crippen LogP contribution in [0.4, 0.5) is 11.4 Å². The van der Waals surface area contributed by atoms with Crippen LogP contribution < -0.4 is 19.7 Å². The molecule has 0 saturated carbocycles. The van der Waals surface area contributed by atoms with Crippen molar-refractivity contribution >= 4 is 47.1 Å². The van der Waals surface area contributed by atoms with E-state index in [1.807, 2.05) is 49.4 Å². The zero-order valence-electron chi connectivity index (χ0n) is 31.1. The Kier molecular flexibility index (Phi) is 10.9. The standard InChI is InChI=1S/C44H42N2O9/c1-26-21-29(5-16-36(26)45-43(49)30-8-12-33(51-3)13-9-30)22-27(2)40(48)35-24-53-42-38(25-54-41(35)42)55-39(47)18-7-28-6-17-37-32(23-28)19-20-46(37)44(50)31-10-14-34(52-4)15-11-31/h5-18,21-23,35,38,41-42H,19-20,24-25H2,1-4H3,(H,45,49)/b18-7+,27-22+/t35-,38-,41-,42-/m1/s1. The van der Waals surface area contributed by atoms with Gasteiger partial charge in [-0.05, 0) is 133 Å². The normalized spacial score (nSPS) is 20.2. The molecule has 7 rings (SSSR count). The van der Waals surface area contributed by atoms with Gasteiger partial charge in [-0.15, -0.1) is 0 Å². The number of benzene rings is 4. The molecule has 0 unspecified atom stereocenters. The number of methoxy groups -OCH3 is 2. The third-order valence-electron chi connectivity index (χ3n) is 10.2. The monoisotopic (exact) mass is 742 g/mol. The van der Waals surface area contributed by atoms with Crippen LogP contribution in [0.5, 0.6) is 11.5 Å². The Balaban J connectivity index is 0.917. The largest absolute Gasteiger partial charge is 0.497 e. The topological polar surface area (TPSA) is 130 Å². The van der Waals surface area contributed by atoms with E-state index in [4.69, 9.17) is 23.7 Å². The smallest absolute Gasteiger partial charge is 0.331 e. The highest BCUT2D eigenvalue weighted by atomic mass is 16.6. The number of allylic oxidation sites excluding steroid dienone is 1. The molecule has 2 saturated heterocycles. The molecule has 4 atom stereocenters. The van der Waals surface area contributed by atoms with Gasteiger partial charge in [0.25, 0.3) is 11.8 Å². The van der Waals surface area contributed by atoms with Crippen LogP contribution in [0.3, 0.4) is 0 Å². The Labute approximate surface area is 319 Å². The summed E-state index contributed by atoms with van der Waals surface area (Å²) in [6.45, 7) is 4.51. The highest BCUT2D eigenvalue weighted by Gasteiger charge is 2.51. The number of carbonyl (C=O) groups is 4. The summed E-state index contributed by atoms with van der Waals surface area (Å²) in [5, 5.41) is 2.94. The van der Waals surface area contributed by atoms with Gasteiger partial charge in [-0.2, -0.15) is 0 Å². The number of amides is 2. The lowest BCUT2D eigenvalue weighted by Crippen LogP contribution is -2.34. The van der Waals surface area contributed by atoms with E-state index in [1.165, 1.54) is 6.08 Å². The minimum Gasteiger partial charge on any atom is -0.497 e. The third-order valence-corrected chi connectivity index (χ3v) is 10.2. The summed E-state index contributed by atoms with van der Waals surface area (Å²) in [7, 11) is 3.16. The molecule has 3 aliphatic rings. The van der Waals surface area contributed by atoms with E-state index in [9.17, 15) is 19.2 Å². The summed E-state index contributed by atoms with van der Waals surface area (Å²) in [5.41, 5.74) is 6.64. The SMILES string of the molecule is COc1ccc(C(=O)Nc2ccc(/C=C(\C)C(=O)[C@H]3CO[C@H]4[C@@H]3OC[C@H]4OC(=O)/C=C/c3ccc4c(c3)CCN4C(=O)c3ccc(OC)cc3)cc2C)cc1. The number of carbonyl (C=O) groups excluding carboxylic acids is 4. The second-order valence-corrected chi connectivity index (χ2v) is 13.8. The molecular weight excluding hydrogens is 700 g/mol. The van der Waals surface area contributed by atoms with Crippen LogP contribution >= 0.6 is 0 Å². The summed E-state index contributed by atoms with van der Waals surface area (Å²) in [6.07, 6.45) is 3.83. The summed E-state index contributed by atoms with van der Waals surface area (Å²) in [6, 6.07) is 25.2. The first-order valence-corrected chi connectivity index (χ1v) is 18.1. The lowest BCUT2D eigenvalue weighted by molar-refractivity contribution is -0.147. The Morgan fingerprint density at radius 2 is 1.47 bits per heavy atom. The van der Waals surface area contributed by atoms with Crippen molar-refractivity contribution in [2.75, 3.05) is 44.2 Å². The molecule has 282 valence electrons. The molecule has 11 nitrogen and oxygen atoms in total. The van der Waals surface area contributed by atoms with Gasteiger partial charge >= 0.3 is 5.97 Å². The van der Waals surface area contributed by atoms with E-state index < -0.39 is 30.2 Å². The van der Waals surface area contributed by atoms with E-state index >= 15 is 0 Å². The molecule has 2 amide bonds. The number of anilines is 2. The van der Waals surface area contributed by atoms with Gasteiger partial charge in [0.15, 0.2) is 11.9 Å². The fourth-order valence-electron chi connectivity index (χ4n) is 7.24. The predicted octanol–water partition coefficient (Wildman–Crippen LogP) is 6.48. The molecule has 0 aliphatic carbocycles. The molecule has 0 aromatic heterocycles. The fourth-order valence-corrected chi connectivity index (χ4v) is 7.24. The van der Waals surface area contributed by atoms with E-state index in [1.54, 1.807) is 80.7 Å². The molecule has 2 fully saturated rings. The quantitative estimate of drug-likeness (QED) is 0.136. The van der Waals surface area contributed by atoms with Gasteiger partial charge in [-0.25, -0.2) is 4.79 Å². The Bertz CT molecular complexity index is 2170. The highest BCUT2D eigenvalue weighted by molar-refractivity contribution is 6.07. The van der Waals surface area contributed by atoms with E-state index in [-0.39, 0.29) is 30.8 Å². The van der Waals surface area contributed by atoms with Crippen molar-refractivity contribution < 1.29 is 42.9 Å². The van der Waals surface area contributed by atoms with Crippen LogP contribution in [0.2, 0.25) is 0 Å². The highest BCUT2D eigenvalue weighted by Crippen LogP contribution is 2.35. The Hall–Kier alpha value is -6.04. The molecule has 11 heteroatoms. The number of nitrogens with one attached hydrogen (secondary N) is 1. The summed E-state index contributed by atoms with van der Waals surface area (Å²) in [5.74, 6) is -0.136. The molecule has 3 aliphatic heterocycles. The lowest BCUT2D eigenvalue weighted by atomic mass is 9.92. The fraction of sp³-hybridized carbons (Fsp3) is 0.273. The molecule has 3 heterocycles. The van der Waals surface area contributed by atoms with Gasteiger partial charge in [-0.3, -0.25) is 14.4 Å². The van der Waals surface area contributed by atoms with Gasteiger partial charge in [0.2, 0.25) is 0 Å². The van der Waals surface area contributed by atoms with Crippen molar-refractivity contribution in [3.8, 4) is 11.5 Å². The van der Waals surface area contributed by atoms with Gasteiger partial charge in [-0.1, -0.05) is 12.1 Å². The van der Waals surface area contributed by atoms with Crippen molar-refractivity contribution in [2.45, 2.75) is 38.6 Å². The van der Waals surface area contributed by atoms with E-state index in [0.29, 0.717) is 46.9 Å². The van der Waals surface area contributed by atoms with Crippen molar-refractivity contribution in [3.05, 3.63) is 130 Å². The Morgan fingerprint density at radius 1 is 0.800 bits per heavy atom. The number of hydrogen-bond acceptors (Lipinski definition) is 9. The number of aryl methyl sites for hydroxylation is 1. The average Bonchev–Trinajstić information content (AvgIpc) is 3.94. The van der Waals surface area contributed by atoms with E-state index in [0.717, 1.165) is 27.9 Å². The third kappa shape index (κ3) is 8.08. The number of ketones is 1. The van der Waals surface area contributed by atoms with Crippen molar-refractivity contribution in [1.82, 2.24) is 0 Å². The minimum absolute atomic E-state index is 0.0790. The minimum atomic E-state index is -0.648. The summed E-state index contributed by atoms with van der Waals surface area (Å²) >= 11 is 0. The number of esters is 1. The first-order chi connectivity index (χ1) is 26.6. The van der Waals surface area contributed by atoms with E-state index in [2.05, 4.69) is 5.32 Å². The molecule has 1 N–H and O–H groups in total. The van der Waals surface area contributed by atoms with Crippen molar-refractivity contribution in [2.24, 2.45) is 5.92 Å². The molecule has 4 aromatic carbocycles. The van der Waals surface area contributed by atoms with Crippen LogP contribution in [0.15, 0.2) is 96.6 Å². The van der Waals surface area contributed by atoms with Crippen LogP contribution in [0.25, 0.3) is 12.2 Å². The maximum atomic E-state index is 13.6. The lowest BCUT2D eigenvalue weighted by Gasteiger charge is -2.17. The molecular formula is C44H42N2O9. The number of nitrogens with zero attached hydrogens (tertiary/aromatic N) is 1. The number of ether oxygens (including phenoxy) is 5. The van der Waals surface area contributed by atoms with Gasteiger partial charge in [0.05, 0.1) is 39.5 Å². The molecule has 4 aromatic rings. The number of hydrogen-bond donors (Lipinski definition) is 1. The predicted molar refractivity (Wildman–Crippen MR) is 207 cm³/mol. The van der Waals surface area contributed by atoms with Crippen molar-refractivity contribution in [1.29, 1.82) is 0 Å². The van der Waals surface area contributed by atoms with Gasteiger partial charge in [0.1, 0.15) is 17.6 Å². The zero-order chi connectivity index (χ0) is 38.6. The second kappa shape index (κ2) is 16.1. The first-order valence-electron chi connectivity index (χ1n) is 18.1. The molecule has 0 bridgehead atoms. The average molecular weight is 743 g/mol. The van der Waals surface area contributed by atoms with Crippen molar-refractivity contribution in [3.63, 3.8) is 0 Å². The summed E-state index contributed by atoms with van der Waals surface area (Å²) in [4.78, 5) is 54.2. The van der Waals surface area contributed by atoms with Crippen LogP contribution in [0.1, 0.15) is 49.9 Å². The molecule has 55 heavy (non-hydrogen) atoms. The van der Waals surface area contributed by atoms with Crippen LogP contribution in [-0.2, 0) is 30.2 Å². The second-order valence-electron chi connectivity index (χ2n) is 13.8. The van der Waals surface area contributed by atoms with Gasteiger partial charge in [0, 0.05) is 35.1 Å². The number of rotatable bonds is 11. The van der Waals surface area contributed by atoms with Crippen LogP contribution in [0, 0.1) is 12.8 Å². The zero-order valence-corrected chi connectivity index (χ0v) is 31.1. The maximum Gasteiger partial charge on any atom is 0.331 e. The first kappa shape index (κ1) is 37.3. The number of fused-ring (bicyclic) bond motifs is 2. The number of Topliss-reactive ketones (excluding diaryl/α,β-unsaturated/α-hetero) is 1. The van der Waals surface area contributed by atoms with Gasteiger partial charge < -0.3 is 33.9 Å². The summed E-state index contributed by atoms with van der Waals surface area (Å²) < 4.78 is 28.0.